The Morgan fingerprint density at radius 1 is 1.18 bits per heavy atom. The van der Waals surface area contributed by atoms with Crippen molar-refractivity contribution in [3.8, 4) is 0 Å². The lowest BCUT2D eigenvalue weighted by Gasteiger charge is -2.07. The molecule has 0 aromatic heterocycles. The quantitative estimate of drug-likeness (QED) is 0.175. The summed E-state index contributed by atoms with van der Waals surface area (Å²) >= 11 is 7.02. The first-order valence-electron chi connectivity index (χ1n) is 10.0. The summed E-state index contributed by atoms with van der Waals surface area (Å²) in [4.78, 5) is 11.7. The third kappa shape index (κ3) is 12.5. The second-order valence-corrected chi connectivity index (χ2v) is 9.19. The van der Waals surface area contributed by atoms with Gasteiger partial charge in [-0.1, -0.05) is 76.8 Å². The van der Waals surface area contributed by atoms with Gasteiger partial charge in [0.2, 0.25) is 5.91 Å². The van der Waals surface area contributed by atoms with Gasteiger partial charge in [0.1, 0.15) is 0 Å². The monoisotopic (exact) mass is 513 g/mol. The third-order valence-corrected chi connectivity index (χ3v) is 5.34. The lowest BCUT2D eigenvalue weighted by Crippen LogP contribution is -2.25. The number of allylic oxidation sites excluding steroid dienone is 3. The summed E-state index contributed by atoms with van der Waals surface area (Å²) in [6.07, 6.45) is 11.5. The van der Waals surface area contributed by atoms with E-state index in [4.69, 9.17) is 4.74 Å². The van der Waals surface area contributed by atoms with Gasteiger partial charge in [-0.3, -0.25) is 4.79 Å². The molecule has 1 rings (SSSR count). The molecule has 0 aliphatic carbocycles. The molecular weight excluding hydrogens is 482 g/mol. The number of unbranched alkanes of at least 4 members (excludes halogenated alkanes) is 4. The Morgan fingerprint density at radius 2 is 1.93 bits per heavy atom. The second kappa shape index (κ2) is 15.0. The van der Waals surface area contributed by atoms with E-state index in [1.807, 2.05) is 25.1 Å². The first kappa shape index (κ1) is 25.1. The number of amides is 1. The molecule has 1 amide bonds. The van der Waals surface area contributed by atoms with E-state index in [0.29, 0.717) is 12.5 Å². The fraction of sp³-hybridized carbons (Fsp3) is 0.522. The highest BCUT2D eigenvalue weighted by Gasteiger charge is 2.01. The van der Waals surface area contributed by atoms with E-state index in [1.165, 1.54) is 24.8 Å². The Hall–Kier alpha value is -0.910. The average molecular weight is 515 g/mol. The molecule has 156 valence electrons. The second-order valence-electron chi connectivity index (χ2n) is 7.42. The molecule has 0 radical (unpaired) electrons. The lowest BCUT2D eigenvalue weighted by molar-refractivity contribution is -0.116. The van der Waals surface area contributed by atoms with Gasteiger partial charge in [0.05, 0.1) is 6.61 Å². The number of benzene rings is 1. The van der Waals surface area contributed by atoms with Gasteiger partial charge in [0.15, 0.2) is 0 Å². The number of carbonyl (C=O) groups is 1. The zero-order chi connectivity index (χ0) is 20.8. The van der Waals surface area contributed by atoms with Crippen LogP contribution in [0.15, 0.2) is 50.9 Å². The Morgan fingerprint density at radius 3 is 2.64 bits per heavy atom. The van der Waals surface area contributed by atoms with Crippen LogP contribution in [0.2, 0.25) is 0 Å². The topological polar surface area (TPSA) is 38.3 Å². The van der Waals surface area contributed by atoms with Crippen molar-refractivity contribution in [2.75, 3.05) is 13.2 Å². The predicted molar refractivity (Wildman–Crippen MR) is 125 cm³/mol. The number of carbonyl (C=O) groups excluding carboxylic acids is 1. The van der Waals surface area contributed by atoms with Crippen LogP contribution in [0, 0.1) is 5.92 Å². The number of hydrogen-bond donors (Lipinski definition) is 1. The van der Waals surface area contributed by atoms with Gasteiger partial charge >= 0.3 is 0 Å². The predicted octanol–water partition coefficient (Wildman–Crippen LogP) is 6.95. The van der Waals surface area contributed by atoms with E-state index in [1.54, 1.807) is 6.08 Å². The van der Waals surface area contributed by atoms with Crippen LogP contribution in [0.3, 0.4) is 0 Å². The SMILES string of the molecule is CC(/C=C/CCCCCCOCc1ccc(Br)cc1Br)=C\C(=O)NCC(C)C. The van der Waals surface area contributed by atoms with Crippen LogP contribution in [0.4, 0.5) is 0 Å². The fourth-order valence-electron chi connectivity index (χ4n) is 2.52. The number of ether oxygens (including phenoxy) is 1. The Kier molecular flexibility index (Phi) is 13.5. The minimum atomic E-state index is -0.00832. The van der Waals surface area contributed by atoms with Gasteiger partial charge in [0, 0.05) is 28.2 Å². The van der Waals surface area contributed by atoms with Gasteiger partial charge in [0.25, 0.3) is 0 Å². The highest BCUT2D eigenvalue weighted by atomic mass is 79.9. The van der Waals surface area contributed by atoms with Crippen molar-refractivity contribution >= 4 is 37.8 Å². The molecule has 3 nitrogen and oxygen atoms in total. The molecule has 0 unspecified atom stereocenters. The molecule has 1 N–H and O–H groups in total. The molecule has 1 aromatic carbocycles. The Labute approximate surface area is 187 Å². The van der Waals surface area contributed by atoms with E-state index in [0.717, 1.165) is 40.5 Å². The smallest absolute Gasteiger partial charge is 0.244 e. The summed E-state index contributed by atoms with van der Waals surface area (Å²) in [6.45, 7) is 8.30. The van der Waals surface area contributed by atoms with Gasteiger partial charge in [-0.15, -0.1) is 0 Å². The average Bonchev–Trinajstić information content (AvgIpc) is 2.63. The summed E-state index contributed by atoms with van der Waals surface area (Å²) in [5.41, 5.74) is 2.17. The summed E-state index contributed by atoms with van der Waals surface area (Å²) < 4.78 is 7.91. The number of nitrogens with one attached hydrogen (secondary N) is 1. The number of halogens is 2. The molecule has 1 aromatic rings. The summed E-state index contributed by atoms with van der Waals surface area (Å²) in [5.74, 6) is 0.465. The molecule has 28 heavy (non-hydrogen) atoms. The third-order valence-electron chi connectivity index (χ3n) is 4.11. The number of hydrogen-bond acceptors (Lipinski definition) is 2. The van der Waals surface area contributed by atoms with Crippen LogP contribution < -0.4 is 5.32 Å². The normalized spacial score (nSPS) is 12.1. The van der Waals surface area contributed by atoms with Crippen LogP contribution >= 0.6 is 31.9 Å². The summed E-state index contributed by atoms with van der Waals surface area (Å²) in [7, 11) is 0. The van der Waals surface area contributed by atoms with Crippen molar-refractivity contribution in [1.29, 1.82) is 0 Å². The first-order chi connectivity index (χ1) is 13.4. The van der Waals surface area contributed by atoms with Crippen molar-refractivity contribution < 1.29 is 9.53 Å². The maximum absolute atomic E-state index is 11.7. The molecule has 0 spiro atoms. The maximum Gasteiger partial charge on any atom is 0.244 e. The standard InChI is InChI=1S/C23H33Br2NO2/c1-18(2)16-26-23(27)14-19(3)10-8-6-4-5-7-9-13-28-17-20-11-12-21(24)15-22(20)25/h8,10-12,14-15,18H,4-7,9,13,16-17H2,1-3H3,(H,26,27)/b10-8+,19-14+. The Balaban J connectivity index is 2.05. The molecule has 0 aliphatic heterocycles. The molecule has 5 heteroatoms. The molecule has 0 atom stereocenters. The van der Waals surface area contributed by atoms with Gasteiger partial charge < -0.3 is 10.1 Å². The summed E-state index contributed by atoms with van der Waals surface area (Å²) in [5, 5.41) is 2.90. The van der Waals surface area contributed by atoms with Gasteiger partial charge in [-0.25, -0.2) is 0 Å². The van der Waals surface area contributed by atoms with Crippen molar-refractivity contribution in [3.05, 3.63) is 56.5 Å². The summed E-state index contributed by atoms with van der Waals surface area (Å²) in [6, 6.07) is 6.15. The largest absolute Gasteiger partial charge is 0.377 e. The molecular formula is C23H33Br2NO2. The van der Waals surface area contributed by atoms with Gasteiger partial charge in [-0.05, 0) is 55.4 Å². The molecule has 0 bridgehead atoms. The first-order valence-corrected chi connectivity index (χ1v) is 11.6. The van der Waals surface area contributed by atoms with Crippen molar-refractivity contribution in [2.24, 2.45) is 5.92 Å². The molecule has 0 saturated heterocycles. The fourth-order valence-corrected chi connectivity index (χ4v) is 3.68. The minimum Gasteiger partial charge on any atom is -0.377 e. The van der Waals surface area contributed by atoms with E-state index < -0.39 is 0 Å². The minimum absolute atomic E-state index is 0.00832. The van der Waals surface area contributed by atoms with E-state index in [2.05, 4.69) is 63.2 Å². The number of rotatable bonds is 13. The van der Waals surface area contributed by atoms with Crippen LogP contribution in [-0.2, 0) is 16.1 Å². The lowest BCUT2D eigenvalue weighted by atomic mass is 10.1. The van der Waals surface area contributed by atoms with Crippen LogP contribution in [0.5, 0.6) is 0 Å². The van der Waals surface area contributed by atoms with Crippen molar-refractivity contribution in [1.82, 2.24) is 5.32 Å². The van der Waals surface area contributed by atoms with E-state index in [9.17, 15) is 4.79 Å². The van der Waals surface area contributed by atoms with Crippen LogP contribution in [0.25, 0.3) is 0 Å². The van der Waals surface area contributed by atoms with Crippen molar-refractivity contribution in [3.63, 3.8) is 0 Å². The van der Waals surface area contributed by atoms with E-state index in [-0.39, 0.29) is 5.91 Å². The molecule has 0 heterocycles. The Bertz CT molecular complexity index is 654. The molecule has 0 saturated carbocycles. The zero-order valence-corrected chi connectivity index (χ0v) is 20.4. The molecule has 0 fully saturated rings. The molecule has 0 aliphatic rings. The van der Waals surface area contributed by atoms with Gasteiger partial charge in [-0.2, -0.15) is 0 Å². The van der Waals surface area contributed by atoms with E-state index >= 15 is 0 Å². The van der Waals surface area contributed by atoms with Crippen LogP contribution in [-0.4, -0.2) is 19.1 Å². The maximum atomic E-state index is 11.7. The zero-order valence-electron chi connectivity index (χ0n) is 17.3. The highest BCUT2D eigenvalue weighted by molar-refractivity contribution is 9.11. The highest BCUT2D eigenvalue weighted by Crippen LogP contribution is 2.22. The van der Waals surface area contributed by atoms with Crippen LogP contribution in [0.1, 0.15) is 58.4 Å². The van der Waals surface area contributed by atoms with Crippen molar-refractivity contribution in [2.45, 2.75) is 59.5 Å².